The molecule has 0 saturated heterocycles. The molecule has 214 valence electrons. The lowest BCUT2D eigenvalue weighted by Gasteiger charge is -2.16. The van der Waals surface area contributed by atoms with Crippen molar-refractivity contribution in [2.24, 2.45) is 0 Å². The summed E-state index contributed by atoms with van der Waals surface area (Å²) in [5, 5.41) is 12.4. The summed E-state index contributed by atoms with van der Waals surface area (Å²) in [6.07, 6.45) is 29.9. The maximum Gasteiger partial charge on any atom is 0.341 e. The topological polar surface area (TPSA) is 84.9 Å². The first-order valence-corrected chi connectivity index (χ1v) is 14.2. The standard InChI is InChI=1S/C33H47NO5/c1-3-5-6-7-8-9-10-11-12-13-14-15-16-17-18-19-20-23-27-38-31(4-2)32(36)34-26-28-39-33(37)29-24-21-22-25-30(29)35/h5-6,8-9,11-12,14-15,17-18,21-22,24-25,31,35H,3-4,7,10,13,16,19-20,23,26-28H2,1-2H3,(H,34,36)/b6-5-,9-8-,12-11-,15-14-,18-17-/t31-/m0/s1. The van der Waals surface area contributed by atoms with Crippen LogP contribution in [0.1, 0.15) is 82.0 Å². The molecule has 1 amide bonds. The van der Waals surface area contributed by atoms with Crippen LogP contribution in [-0.2, 0) is 14.3 Å². The number of esters is 1. The van der Waals surface area contributed by atoms with E-state index in [1.807, 2.05) is 6.92 Å². The maximum atomic E-state index is 12.3. The maximum absolute atomic E-state index is 12.3. The van der Waals surface area contributed by atoms with Gasteiger partial charge in [0.05, 0.1) is 6.54 Å². The van der Waals surface area contributed by atoms with E-state index in [-0.39, 0.29) is 30.4 Å². The Bertz CT molecular complexity index is 945. The number of hydrogen-bond donors (Lipinski definition) is 2. The molecule has 0 aliphatic heterocycles. The van der Waals surface area contributed by atoms with E-state index in [0.717, 1.165) is 51.4 Å². The van der Waals surface area contributed by atoms with Crippen LogP contribution in [0.15, 0.2) is 85.0 Å². The van der Waals surface area contributed by atoms with Crippen LogP contribution < -0.4 is 5.32 Å². The fourth-order valence-corrected chi connectivity index (χ4v) is 3.49. The zero-order chi connectivity index (χ0) is 28.4. The van der Waals surface area contributed by atoms with Crippen molar-refractivity contribution < 1.29 is 24.2 Å². The molecular weight excluding hydrogens is 490 g/mol. The van der Waals surface area contributed by atoms with E-state index in [1.54, 1.807) is 12.1 Å². The third kappa shape index (κ3) is 17.7. The van der Waals surface area contributed by atoms with Gasteiger partial charge in [-0.2, -0.15) is 0 Å². The van der Waals surface area contributed by atoms with Gasteiger partial charge >= 0.3 is 5.97 Å². The SMILES string of the molecule is CC/C=C\C/C=C\C/C=C\C/C=C\C/C=C\CCCCO[C@@H](CC)C(=O)NCCOC(=O)c1ccccc1O. The Hall–Kier alpha value is -3.38. The van der Waals surface area contributed by atoms with E-state index in [9.17, 15) is 14.7 Å². The van der Waals surface area contributed by atoms with Crippen LogP contribution in [0.25, 0.3) is 0 Å². The average molecular weight is 538 g/mol. The molecule has 1 atom stereocenters. The van der Waals surface area contributed by atoms with E-state index in [2.05, 4.69) is 73.0 Å². The van der Waals surface area contributed by atoms with Crippen molar-refractivity contribution in [3.8, 4) is 5.75 Å². The van der Waals surface area contributed by atoms with Crippen molar-refractivity contribution in [1.82, 2.24) is 5.32 Å². The predicted molar refractivity (Wildman–Crippen MR) is 160 cm³/mol. The van der Waals surface area contributed by atoms with Gasteiger partial charge in [-0.1, -0.05) is 86.7 Å². The van der Waals surface area contributed by atoms with Crippen LogP contribution in [0, 0.1) is 0 Å². The van der Waals surface area contributed by atoms with Crippen molar-refractivity contribution in [2.75, 3.05) is 19.8 Å². The van der Waals surface area contributed by atoms with Crippen LogP contribution in [0.3, 0.4) is 0 Å². The molecule has 39 heavy (non-hydrogen) atoms. The van der Waals surface area contributed by atoms with Crippen LogP contribution in [0.2, 0.25) is 0 Å². The van der Waals surface area contributed by atoms with E-state index >= 15 is 0 Å². The molecule has 0 unspecified atom stereocenters. The second-order valence-electron chi connectivity index (χ2n) is 8.92. The summed E-state index contributed by atoms with van der Waals surface area (Å²) in [6, 6.07) is 6.18. The monoisotopic (exact) mass is 537 g/mol. The highest BCUT2D eigenvalue weighted by Gasteiger charge is 2.17. The molecular formula is C33H47NO5. The smallest absolute Gasteiger partial charge is 0.341 e. The summed E-state index contributed by atoms with van der Waals surface area (Å²) in [7, 11) is 0. The minimum Gasteiger partial charge on any atom is -0.507 e. The van der Waals surface area contributed by atoms with Crippen LogP contribution in [-0.4, -0.2) is 42.8 Å². The summed E-state index contributed by atoms with van der Waals surface area (Å²) in [6.45, 7) is 4.77. The Balaban J connectivity index is 2.05. The Labute approximate surface area is 235 Å². The summed E-state index contributed by atoms with van der Waals surface area (Å²) in [5.41, 5.74) is 0.100. The number of para-hydroxylation sites is 1. The number of amides is 1. The Morgan fingerprint density at radius 3 is 2.00 bits per heavy atom. The number of aromatic hydroxyl groups is 1. The van der Waals surface area contributed by atoms with Gasteiger partial charge in [-0.15, -0.1) is 0 Å². The lowest BCUT2D eigenvalue weighted by molar-refractivity contribution is -0.133. The molecule has 0 spiro atoms. The molecule has 1 aromatic carbocycles. The van der Waals surface area contributed by atoms with E-state index in [4.69, 9.17) is 9.47 Å². The number of rotatable bonds is 21. The Morgan fingerprint density at radius 2 is 1.41 bits per heavy atom. The Kier molecular flexibility index (Phi) is 20.5. The highest BCUT2D eigenvalue weighted by Crippen LogP contribution is 2.16. The van der Waals surface area contributed by atoms with Gasteiger partial charge in [-0.25, -0.2) is 4.79 Å². The molecule has 0 fully saturated rings. The largest absolute Gasteiger partial charge is 0.507 e. The molecule has 0 saturated carbocycles. The summed E-state index contributed by atoms with van der Waals surface area (Å²) in [4.78, 5) is 24.3. The molecule has 6 heteroatoms. The first kappa shape index (κ1) is 33.6. The summed E-state index contributed by atoms with van der Waals surface area (Å²) >= 11 is 0. The molecule has 2 N–H and O–H groups in total. The molecule has 0 aromatic heterocycles. The quantitative estimate of drug-likeness (QED) is 0.0971. The lowest BCUT2D eigenvalue weighted by Crippen LogP contribution is -2.38. The van der Waals surface area contributed by atoms with Gasteiger partial charge in [0.25, 0.3) is 0 Å². The van der Waals surface area contributed by atoms with Gasteiger partial charge in [0, 0.05) is 6.61 Å². The highest BCUT2D eigenvalue weighted by atomic mass is 16.5. The number of carbonyl (C=O) groups excluding carboxylic acids is 2. The summed E-state index contributed by atoms with van der Waals surface area (Å²) in [5.74, 6) is -0.973. The molecule has 0 aliphatic carbocycles. The average Bonchev–Trinajstić information content (AvgIpc) is 2.94. The molecule has 6 nitrogen and oxygen atoms in total. The van der Waals surface area contributed by atoms with Crippen molar-refractivity contribution in [2.45, 2.75) is 77.7 Å². The second-order valence-corrected chi connectivity index (χ2v) is 8.92. The third-order valence-corrected chi connectivity index (χ3v) is 5.66. The van der Waals surface area contributed by atoms with Gasteiger partial charge in [-0.05, 0) is 69.9 Å². The molecule has 1 rings (SSSR count). The fraction of sp³-hybridized carbons (Fsp3) is 0.455. The molecule has 0 aliphatic rings. The molecule has 0 bridgehead atoms. The first-order chi connectivity index (χ1) is 19.1. The van der Waals surface area contributed by atoms with Crippen molar-refractivity contribution >= 4 is 11.9 Å². The zero-order valence-electron chi connectivity index (χ0n) is 23.7. The molecule has 0 radical (unpaired) electrons. The number of benzene rings is 1. The number of unbranched alkanes of at least 4 members (excludes halogenated alkanes) is 2. The molecule has 0 heterocycles. The van der Waals surface area contributed by atoms with Crippen LogP contribution in [0.5, 0.6) is 5.75 Å². The second kappa shape index (κ2) is 23.7. The number of carbonyl (C=O) groups is 2. The fourth-order valence-electron chi connectivity index (χ4n) is 3.49. The van der Waals surface area contributed by atoms with Crippen molar-refractivity contribution in [3.05, 3.63) is 90.6 Å². The summed E-state index contributed by atoms with van der Waals surface area (Å²) < 4.78 is 10.8. The zero-order valence-corrected chi connectivity index (χ0v) is 23.7. The molecule has 1 aromatic rings. The first-order valence-electron chi connectivity index (χ1n) is 14.2. The highest BCUT2D eigenvalue weighted by molar-refractivity contribution is 5.92. The minimum absolute atomic E-state index is 0.0165. The van der Waals surface area contributed by atoms with E-state index < -0.39 is 12.1 Å². The van der Waals surface area contributed by atoms with Crippen LogP contribution >= 0.6 is 0 Å². The van der Waals surface area contributed by atoms with Gasteiger partial charge in [0.15, 0.2) is 0 Å². The minimum atomic E-state index is -0.627. The van der Waals surface area contributed by atoms with Gasteiger partial charge in [0.2, 0.25) is 5.91 Å². The number of ether oxygens (including phenoxy) is 2. The Morgan fingerprint density at radius 1 is 0.821 bits per heavy atom. The number of allylic oxidation sites excluding steroid dienone is 10. The van der Waals surface area contributed by atoms with Crippen molar-refractivity contribution in [3.63, 3.8) is 0 Å². The van der Waals surface area contributed by atoms with Crippen molar-refractivity contribution in [1.29, 1.82) is 0 Å². The van der Waals surface area contributed by atoms with Gasteiger partial charge in [0.1, 0.15) is 24.0 Å². The number of phenols is 1. The number of nitrogens with one attached hydrogen (secondary N) is 1. The van der Waals surface area contributed by atoms with E-state index in [0.29, 0.717) is 13.0 Å². The lowest BCUT2D eigenvalue weighted by atomic mass is 10.2. The predicted octanol–water partition coefficient (Wildman–Crippen LogP) is 7.38. The normalized spacial score (nSPS) is 12.9. The van der Waals surface area contributed by atoms with Crippen LogP contribution in [0.4, 0.5) is 0 Å². The van der Waals surface area contributed by atoms with Gasteiger partial charge in [-0.3, -0.25) is 4.79 Å². The number of hydrogen-bond acceptors (Lipinski definition) is 5. The third-order valence-electron chi connectivity index (χ3n) is 5.66. The van der Waals surface area contributed by atoms with Gasteiger partial charge < -0.3 is 19.9 Å². The van der Waals surface area contributed by atoms with E-state index in [1.165, 1.54) is 12.1 Å². The number of phenolic OH excluding ortho intramolecular Hbond substituents is 1.